The van der Waals surface area contributed by atoms with Gasteiger partial charge in [0.15, 0.2) is 11.6 Å². The fourth-order valence-corrected chi connectivity index (χ4v) is 4.05. The molecule has 4 heteroatoms. The zero-order valence-electron chi connectivity index (χ0n) is 13.2. The zero-order chi connectivity index (χ0) is 16.1. The number of carbonyl (C=O) groups excluding carboxylic acids is 3. The summed E-state index contributed by atoms with van der Waals surface area (Å²) in [7, 11) is 0. The van der Waals surface area contributed by atoms with Crippen LogP contribution in [0, 0.1) is 16.7 Å². The molecule has 0 radical (unpaired) electrons. The van der Waals surface area contributed by atoms with Crippen LogP contribution in [0.1, 0.15) is 50.4 Å². The molecule has 116 valence electrons. The number of hydrogen-bond acceptors (Lipinski definition) is 3. The average molecular weight is 299 g/mol. The molecule has 0 aromatic heterocycles. The van der Waals surface area contributed by atoms with Gasteiger partial charge in [-0.1, -0.05) is 26.0 Å². The van der Waals surface area contributed by atoms with Gasteiger partial charge in [-0.05, 0) is 44.2 Å². The highest BCUT2D eigenvalue weighted by atomic mass is 16.2. The molecule has 2 fully saturated rings. The van der Waals surface area contributed by atoms with E-state index >= 15 is 0 Å². The monoisotopic (exact) mass is 299 g/mol. The van der Waals surface area contributed by atoms with Gasteiger partial charge in [0.2, 0.25) is 5.91 Å². The number of benzene rings is 1. The predicted octanol–water partition coefficient (Wildman–Crippen LogP) is 3.22. The summed E-state index contributed by atoms with van der Waals surface area (Å²) in [4.78, 5) is 36.9. The summed E-state index contributed by atoms with van der Waals surface area (Å²) in [6.45, 7) is 5.39. The Labute approximate surface area is 130 Å². The van der Waals surface area contributed by atoms with E-state index in [1.165, 1.54) is 6.92 Å². The normalized spacial score (nSPS) is 28.7. The molecule has 2 saturated carbocycles. The molecule has 2 atom stereocenters. The number of rotatable bonds is 3. The van der Waals surface area contributed by atoms with Gasteiger partial charge in [-0.15, -0.1) is 0 Å². The Morgan fingerprint density at radius 2 is 2.00 bits per heavy atom. The van der Waals surface area contributed by atoms with Crippen molar-refractivity contribution in [2.45, 2.75) is 40.0 Å². The summed E-state index contributed by atoms with van der Waals surface area (Å²) < 4.78 is 0. The molecule has 0 heterocycles. The number of amides is 1. The van der Waals surface area contributed by atoms with E-state index in [1.54, 1.807) is 24.3 Å². The summed E-state index contributed by atoms with van der Waals surface area (Å²) in [6.07, 6.45) is 2.22. The first-order valence-electron chi connectivity index (χ1n) is 7.75. The Balaban J connectivity index is 1.85. The molecule has 2 unspecified atom stereocenters. The largest absolute Gasteiger partial charge is 0.325 e. The van der Waals surface area contributed by atoms with Crippen molar-refractivity contribution in [3.05, 3.63) is 29.8 Å². The van der Waals surface area contributed by atoms with E-state index in [2.05, 4.69) is 5.32 Å². The fourth-order valence-electron chi connectivity index (χ4n) is 4.05. The minimum atomic E-state index is -0.875. The van der Waals surface area contributed by atoms with Crippen molar-refractivity contribution in [2.75, 3.05) is 5.32 Å². The van der Waals surface area contributed by atoms with Gasteiger partial charge in [-0.3, -0.25) is 14.4 Å². The second-order valence-electron chi connectivity index (χ2n) is 7.16. The van der Waals surface area contributed by atoms with E-state index in [9.17, 15) is 14.4 Å². The SMILES string of the molecule is CC(=O)c1cccc(NC(=O)C23CCC(C2)C(C)(C)C3=O)c1. The first-order valence-corrected chi connectivity index (χ1v) is 7.75. The minimum absolute atomic E-state index is 0.0479. The number of carbonyl (C=O) groups is 3. The van der Waals surface area contributed by atoms with Crippen LogP contribution < -0.4 is 5.32 Å². The van der Waals surface area contributed by atoms with Crippen molar-refractivity contribution in [3.63, 3.8) is 0 Å². The number of Topliss-reactive ketones (excluding diaryl/α,β-unsaturated/α-hetero) is 2. The van der Waals surface area contributed by atoms with Gasteiger partial charge < -0.3 is 5.32 Å². The van der Waals surface area contributed by atoms with E-state index in [1.807, 2.05) is 13.8 Å². The van der Waals surface area contributed by atoms with Crippen LogP contribution in [0.15, 0.2) is 24.3 Å². The van der Waals surface area contributed by atoms with Crippen LogP contribution in [-0.2, 0) is 9.59 Å². The third-order valence-corrected chi connectivity index (χ3v) is 5.52. The second-order valence-corrected chi connectivity index (χ2v) is 7.16. The molecule has 1 aromatic rings. The molecule has 0 aliphatic heterocycles. The number of anilines is 1. The van der Waals surface area contributed by atoms with E-state index < -0.39 is 10.8 Å². The van der Waals surface area contributed by atoms with Crippen molar-refractivity contribution < 1.29 is 14.4 Å². The van der Waals surface area contributed by atoms with Crippen molar-refractivity contribution >= 4 is 23.2 Å². The molecule has 2 aliphatic rings. The molecular weight excluding hydrogens is 278 g/mol. The Kier molecular flexibility index (Phi) is 3.24. The van der Waals surface area contributed by atoms with Gasteiger partial charge in [-0.25, -0.2) is 0 Å². The Morgan fingerprint density at radius 3 is 2.59 bits per heavy atom. The Morgan fingerprint density at radius 1 is 1.27 bits per heavy atom. The average Bonchev–Trinajstić information content (AvgIpc) is 2.99. The van der Waals surface area contributed by atoms with Gasteiger partial charge in [-0.2, -0.15) is 0 Å². The van der Waals surface area contributed by atoms with Gasteiger partial charge in [0, 0.05) is 16.7 Å². The number of hydrogen-bond donors (Lipinski definition) is 1. The first kappa shape index (κ1) is 14.9. The Hall–Kier alpha value is -1.97. The quantitative estimate of drug-likeness (QED) is 0.688. The standard InChI is InChI=1S/C18H21NO3/c1-11(20)12-5-4-6-14(9-12)19-16(22)18-8-7-13(10-18)17(2,3)15(18)21/h4-6,9,13H,7-8,10H2,1-3H3,(H,19,22). The lowest BCUT2D eigenvalue weighted by molar-refractivity contribution is -0.142. The number of nitrogens with one attached hydrogen (secondary N) is 1. The molecule has 1 aromatic carbocycles. The summed E-state index contributed by atoms with van der Waals surface area (Å²) in [6, 6.07) is 6.86. The summed E-state index contributed by atoms with van der Waals surface area (Å²) in [5.74, 6) is 0.102. The maximum absolute atomic E-state index is 12.8. The topological polar surface area (TPSA) is 63.2 Å². The molecule has 22 heavy (non-hydrogen) atoms. The van der Waals surface area contributed by atoms with Crippen LogP contribution in [0.5, 0.6) is 0 Å². The third-order valence-electron chi connectivity index (χ3n) is 5.52. The molecule has 0 spiro atoms. The zero-order valence-corrected chi connectivity index (χ0v) is 13.2. The number of fused-ring (bicyclic) bond motifs is 2. The van der Waals surface area contributed by atoms with Crippen LogP contribution in [0.4, 0.5) is 5.69 Å². The first-order chi connectivity index (χ1) is 10.3. The Bertz CT molecular complexity index is 677. The number of ketones is 2. The highest BCUT2D eigenvalue weighted by Crippen LogP contribution is 2.60. The van der Waals surface area contributed by atoms with E-state index in [-0.39, 0.29) is 17.5 Å². The van der Waals surface area contributed by atoms with E-state index in [0.717, 1.165) is 6.42 Å². The van der Waals surface area contributed by atoms with E-state index in [4.69, 9.17) is 0 Å². The van der Waals surface area contributed by atoms with Crippen LogP contribution in [0.25, 0.3) is 0 Å². The maximum Gasteiger partial charge on any atom is 0.238 e. The van der Waals surface area contributed by atoms with Crippen molar-refractivity contribution in [1.29, 1.82) is 0 Å². The molecule has 1 amide bonds. The lowest BCUT2D eigenvalue weighted by Gasteiger charge is -2.32. The lowest BCUT2D eigenvalue weighted by Crippen LogP contribution is -2.44. The molecule has 3 rings (SSSR count). The molecule has 1 N–H and O–H groups in total. The third kappa shape index (κ3) is 2.01. The second kappa shape index (κ2) is 4.77. The van der Waals surface area contributed by atoms with Crippen molar-refractivity contribution in [3.8, 4) is 0 Å². The van der Waals surface area contributed by atoms with Gasteiger partial charge in [0.25, 0.3) is 0 Å². The van der Waals surface area contributed by atoms with Gasteiger partial charge in [0.1, 0.15) is 5.41 Å². The van der Waals surface area contributed by atoms with Gasteiger partial charge >= 0.3 is 0 Å². The summed E-state index contributed by atoms with van der Waals surface area (Å²) >= 11 is 0. The van der Waals surface area contributed by atoms with Crippen molar-refractivity contribution in [1.82, 2.24) is 0 Å². The summed E-state index contributed by atoms with van der Waals surface area (Å²) in [5.41, 5.74) is -0.150. The predicted molar refractivity (Wildman–Crippen MR) is 83.6 cm³/mol. The summed E-state index contributed by atoms with van der Waals surface area (Å²) in [5, 5.41) is 2.85. The van der Waals surface area contributed by atoms with Gasteiger partial charge in [0.05, 0.1) is 0 Å². The fraction of sp³-hybridized carbons (Fsp3) is 0.500. The lowest BCUT2D eigenvalue weighted by atomic mass is 9.70. The molecule has 2 aliphatic carbocycles. The van der Waals surface area contributed by atoms with Crippen LogP contribution >= 0.6 is 0 Å². The molecular formula is C18H21NO3. The molecule has 2 bridgehead atoms. The smallest absolute Gasteiger partial charge is 0.238 e. The van der Waals surface area contributed by atoms with E-state index in [0.29, 0.717) is 30.0 Å². The minimum Gasteiger partial charge on any atom is -0.325 e. The highest BCUT2D eigenvalue weighted by molar-refractivity contribution is 6.15. The molecule has 0 saturated heterocycles. The van der Waals surface area contributed by atoms with Crippen LogP contribution in [-0.4, -0.2) is 17.5 Å². The van der Waals surface area contributed by atoms with Crippen LogP contribution in [0.3, 0.4) is 0 Å². The highest BCUT2D eigenvalue weighted by Gasteiger charge is 2.64. The maximum atomic E-state index is 12.8. The van der Waals surface area contributed by atoms with Crippen LogP contribution in [0.2, 0.25) is 0 Å². The molecule has 4 nitrogen and oxygen atoms in total. The van der Waals surface area contributed by atoms with Crippen molar-refractivity contribution in [2.24, 2.45) is 16.7 Å².